The van der Waals surface area contributed by atoms with E-state index in [0.717, 1.165) is 26.1 Å². The van der Waals surface area contributed by atoms with Crippen molar-refractivity contribution in [3.05, 3.63) is 70.1 Å². The van der Waals surface area contributed by atoms with E-state index in [1.807, 2.05) is 6.07 Å². The van der Waals surface area contributed by atoms with Gasteiger partial charge in [-0.05, 0) is 29.0 Å². The van der Waals surface area contributed by atoms with E-state index in [9.17, 15) is 9.59 Å². The minimum atomic E-state index is -0.0744. The fraction of sp³-hybridized carbons (Fsp3) is 0.478. The third-order valence-electron chi connectivity index (χ3n) is 5.51. The normalized spacial score (nSPS) is 15.7. The number of benzene rings is 1. The summed E-state index contributed by atoms with van der Waals surface area (Å²) in [6.45, 7) is 9.66. The molecule has 1 aliphatic heterocycles. The molecule has 150 valence electrons. The molecule has 0 saturated carbocycles. The average molecular weight is 382 g/mol. The van der Waals surface area contributed by atoms with Gasteiger partial charge in [0.05, 0.1) is 0 Å². The standard InChI is InChI=1S/C23H31N3O2/c1-23(2,3)20(17-25-14-11-18-8-4-5-9-19(18)16-25)24-21(27)12-15-26-13-7-6-10-22(26)28/h4-10,13,20H,11-12,14-17H2,1-3H3,(H,24,27). The summed E-state index contributed by atoms with van der Waals surface area (Å²) in [6, 6.07) is 13.7. The number of aryl methyl sites for hydroxylation is 1. The van der Waals surface area contributed by atoms with Gasteiger partial charge < -0.3 is 9.88 Å². The Labute approximate surface area is 167 Å². The molecule has 5 nitrogen and oxygen atoms in total. The van der Waals surface area contributed by atoms with Crippen molar-refractivity contribution in [1.82, 2.24) is 14.8 Å². The number of pyridine rings is 1. The summed E-state index contributed by atoms with van der Waals surface area (Å²) in [5, 5.41) is 3.22. The van der Waals surface area contributed by atoms with E-state index < -0.39 is 0 Å². The molecule has 0 saturated heterocycles. The largest absolute Gasteiger partial charge is 0.351 e. The van der Waals surface area contributed by atoms with Crippen molar-refractivity contribution in [2.45, 2.75) is 52.7 Å². The van der Waals surface area contributed by atoms with Gasteiger partial charge in [0.25, 0.3) is 5.56 Å². The van der Waals surface area contributed by atoms with Crippen LogP contribution in [0.25, 0.3) is 0 Å². The summed E-state index contributed by atoms with van der Waals surface area (Å²) >= 11 is 0. The second kappa shape index (κ2) is 8.74. The lowest BCUT2D eigenvalue weighted by molar-refractivity contribution is -0.123. The number of carbonyl (C=O) groups excluding carboxylic acids is 1. The smallest absolute Gasteiger partial charge is 0.250 e. The Morgan fingerprint density at radius 3 is 2.54 bits per heavy atom. The molecule has 0 radical (unpaired) electrons. The van der Waals surface area contributed by atoms with Crippen LogP contribution < -0.4 is 10.9 Å². The monoisotopic (exact) mass is 381 g/mol. The number of amides is 1. The highest BCUT2D eigenvalue weighted by Gasteiger charge is 2.29. The third kappa shape index (κ3) is 5.32. The molecule has 0 bridgehead atoms. The average Bonchev–Trinajstić information content (AvgIpc) is 2.66. The molecular weight excluding hydrogens is 350 g/mol. The highest BCUT2D eigenvalue weighted by Crippen LogP contribution is 2.24. The number of aromatic nitrogens is 1. The van der Waals surface area contributed by atoms with Gasteiger partial charge in [0.15, 0.2) is 0 Å². The quantitative estimate of drug-likeness (QED) is 0.837. The molecule has 0 fully saturated rings. The maximum absolute atomic E-state index is 12.6. The summed E-state index contributed by atoms with van der Waals surface area (Å²) < 4.78 is 1.58. The number of rotatable bonds is 6. The van der Waals surface area contributed by atoms with Gasteiger partial charge >= 0.3 is 0 Å². The molecule has 0 spiro atoms. The van der Waals surface area contributed by atoms with Gasteiger partial charge in [-0.2, -0.15) is 0 Å². The molecule has 3 rings (SSSR count). The van der Waals surface area contributed by atoms with Crippen LogP contribution in [-0.2, 0) is 24.3 Å². The van der Waals surface area contributed by atoms with E-state index in [2.05, 4.69) is 55.3 Å². The summed E-state index contributed by atoms with van der Waals surface area (Å²) in [6.07, 6.45) is 3.08. The SMILES string of the molecule is CC(C)(C)C(CN1CCc2ccccc2C1)NC(=O)CCn1ccccc1=O. The molecule has 5 heteroatoms. The highest BCUT2D eigenvalue weighted by molar-refractivity contribution is 5.76. The predicted octanol–water partition coefficient (Wildman–Crippen LogP) is 2.83. The molecule has 1 aromatic carbocycles. The van der Waals surface area contributed by atoms with Crippen LogP contribution in [0, 0.1) is 5.41 Å². The minimum absolute atomic E-state index is 0.00640. The lowest BCUT2D eigenvalue weighted by Crippen LogP contribution is -2.51. The van der Waals surface area contributed by atoms with Crippen molar-refractivity contribution in [2.24, 2.45) is 5.41 Å². The van der Waals surface area contributed by atoms with Crippen molar-refractivity contribution < 1.29 is 4.79 Å². The fourth-order valence-corrected chi connectivity index (χ4v) is 3.64. The van der Waals surface area contributed by atoms with Gasteiger partial charge in [0.2, 0.25) is 5.91 Å². The van der Waals surface area contributed by atoms with Gasteiger partial charge in [0.1, 0.15) is 0 Å². The number of carbonyl (C=O) groups is 1. The van der Waals surface area contributed by atoms with E-state index >= 15 is 0 Å². The summed E-state index contributed by atoms with van der Waals surface area (Å²) in [5.74, 6) is -0.00640. The molecule has 1 unspecified atom stereocenters. The van der Waals surface area contributed by atoms with Crippen molar-refractivity contribution in [1.29, 1.82) is 0 Å². The van der Waals surface area contributed by atoms with Crippen molar-refractivity contribution in [3.8, 4) is 0 Å². The number of hydrogen-bond acceptors (Lipinski definition) is 3. The zero-order valence-corrected chi connectivity index (χ0v) is 17.1. The Kier molecular flexibility index (Phi) is 6.35. The van der Waals surface area contributed by atoms with Gasteiger partial charge in [-0.3, -0.25) is 14.5 Å². The van der Waals surface area contributed by atoms with Gasteiger partial charge in [0, 0.05) is 50.9 Å². The molecule has 0 aliphatic carbocycles. The molecule has 1 N–H and O–H groups in total. The van der Waals surface area contributed by atoms with Crippen LogP contribution in [0.15, 0.2) is 53.5 Å². The first-order valence-corrected chi connectivity index (χ1v) is 10.1. The second-order valence-corrected chi connectivity index (χ2v) is 8.72. The Morgan fingerprint density at radius 2 is 1.82 bits per heavy atom. The third-order valence-corrected chi connectivity index (χ3v) is 5.51. The van der Waals surface area contributed by atoms with Crippen molar-refractivity contribution in [3.63, 3.8) is 0 Å². The maximum Gasteiger partial charge on any atom is 0.250 e. The van der Waals surface area contributed by atoms with Crippen LogP contribution in [0.3, 0.4) is 0 Å². The van der Waals surface area contributed by atoms with E-state index in [1.165, 1.54) is 17.2 Å². The fourth-order valence-electron chi connectivity index (χ4n) is 3.64. The van der Waals surface area contributed by atoms with Crippen LogP contribution in [0.5, 0.6) is 0 Å². The van der Waals surface area contributed by atoms with Crippen LogP contribution in [0.4, 0.5) is 0 Å². The number of nitrogens with zero attached hydrogens (tertiary/aromatic N) is 2. The van der Waals surface area contributed by atoms with Crippen molar-refractivity contribution >= 4 is 5.91 Å². The van der Waals surface area contributed by atoms with Crippen LogP contribution in [-0.4, -0.2) is 34.5 Å². The predicted molar refractivity (Wildman–Crippen MR) is 112 cm³/mol. The lowest BCUT2D eigenvalue weighted by Gasteiger charge is -2.38. The van der Waals surface area contributed by atoms with Crippen LogP contribution >= 0.6 is 0 Å². The Hall–Kier alpha value is -2.40. The van der Waals surface area contributed by atoms with Crippen LogP contribution in [0.1, 0.15) is 38.3 Å². The molecule has 2 aromatic rings. The zero-order chi connectivity index (χ0) is 20.1. The second-order valence-electron chi connectivity index (χ2n) is 8.72. The van der Waals surface area contributed by atoms with Crippen molar-refractivity contribution in [2.75, 3.05) is 13.1 Å². The molecule has 28 heavy (non-hydrogen) atoms. The van der Waals surface area contributed by atoms with E-state index in [-0.39, 0.29) is 22.9 Å². The Bertz CT molecular complexity index is 866. The Balaban J connectivity index is 1.59. The van der Waals surface area contributed by atoms with Gasteiger partial charge in [-0.1, -0.05) is 51.1 Å². The molecular formula is C23H31N3O2. The highest BCUT2D eigenvalue weighted by atomic mass is 16.2. The lowest BCUT2D eigenvalue weighted by atomic mass is 9.85. The van der Waals surface area contributed by atoms with E-state index in [1.54, 1.807) is 16.8 Å². The number of fused-ring (bicyclic) bond motifs is 1. The molecule has 1 aliphatic rings. The van der Waals surface area contributed by atoms with E-state index in [4.69, 9.17) is 0 Å². The maximum atomic E-state index is 12.6. The first-order valence-electron chi connectivity index (χ1n) is 10.1. The molecule has 1 amide bonds. The van der Waals surface area contributed by atoms with E-state index in [0.29, 0.717) is 13.0 Å². The number of nitrogens with one attached hydrogen (secondary N) is 1. The molecule has 1 atom stereocenters. The first kappa shape index (κ1) is 20.3. The van der Waals surface area contributed by atoms with Crippen LogP contribution in [0.2, 0.25) is 0 Å². The van der Waals surface area contributed by atoms with Gasteiger partial charge in [-0.15, -0.1) is 0 Å². The summed E-state index contributed by atoms with van der Waals surface area (Å²) in [5.41, 5.74) is 2.70. The minimum Gasteiger partial charge on any atom is -0.351 e. The summed E-state index contributed by atoms with van der Waals surface area (Å²) in [7, 11) is 0. The molecule has 1 aromatic heterocycles. The zero-order valence-electron chi connectivity index (χ0n) is 17.1. The number of hydrogen-bond donors (Lipinski definition) is 1. The molecule has 2 heterocycles. The Morgan fingerprint density at radius 1 is 1.11 bits per heavy atom. The van der Waals surface area contributed by atoms with Gasteiger partial charge in [-0.25, -0.2) is 0 Å². The summed E-state index contributed by atoms with van der Waals surface area (Å²) in [4.78, 5) is 26.8. The topological polar surface area (TPSA) is 54.3 Å². The first-order chi connectivity index (χ1) is 13.3.